The number of carbonyl (C=O) groups excluding carboxylic acids is 1. The van der Waals surface area contributed by atoms with E-state index in [4.69, 9.17) is 14.5 Å². The normalized spacial score (nSPS) is 10.9. The van der Waals surface area contributed by atoms with E-state index in [1.54, 1.807) is 22.9 Å². The molecule has 0 aliphatic heterocycles. The van der Waals surface area contributed by atoms with Gasteiger partial charge >= 0.3 is 0 Å². The van der Waals surface area contributed by atoms with Gasteiger partial charge < -0.3 is 14.8 Å². The molecule has 1 N–H and O–H groups in total. The smallest absolute Gasteiger partial charge is 0.256 e. The summed E-state index contributed by atoms with van der Waals surface area (Å²) in [6.07, 6.45) is 0. The Hall–Kier alpha value is -4.17. The number of thiazole rings is 1. The molecule has 0 atom stereocenters. The highest BCUT2D eigenvalue weighted by Gasteiger charge is 2.17. The number of fused-ring (bicyclic) bond motifs is 1. The Labute approximate surface area is 200 Å². The fraction of sp³-hybridized carbons (Fsp3) is 0.115. The fourth-order valence-electron chi connectivity index (χ4n) is 3.52. The molecular formula is C26H22N4O3S. The molecule has 1 amide bonds. The van der Waals surface area contributed by atoms with Gasteiger partial charge in [0.2, 0.25) is 5.13 Å². The van der Waals surface area contributed by atoms with Gasteiger partial charge in [0, 0.05) is 11.6 Å². The summed E-state index contributed by atoms with van der Waals surface area (Å²) >= 11 is 1.48. The van der Waals surface area contributed by atoms with Crippen LogP contribution < -0.4 is 14.8 Å². The average molecular weight is 471 g/mol. The first-order chi connectivity index (χ1) is 16.6. The second-order valence-electron chi connectivity index (χ2n) is 7.51. The lowest BCUT2D eigenvalue weighted by Gasteiger charge is -2.09. The van der Waals surface area contributed by atoms with E-state index in [9.17, 15) is 4.79 Å². The van der Waals surface area contributed by atoms with Gasteiger partial charge in [-0.25, -0.2) is 4.98 Å². The minimum Gasteiger partial charge on any atom is -0.492 e. The van der Waals surface area contributed by atoms with Gasteiger partial charge in [0.05, 0.1) is 17.0 Å². The molecule has 2 aromatic heterocycles. The lowest BCUT2D eigenvalue weighted by molar-refractivity contribution is 0.102. The van der Waals surface area contributed by atoms with Crippen LogP contribution in [0.25, 0.3) is 15.3 Å². The van der Waals surface area contributed by atoms with Gasteiger partial charge in [0.25, 0.3) is 5.91 Å². The van der Waals surface area contributed by atoms with Crippen molar-refractivity contribution in [3.63, 3.8) is 0 Å². The van der Waals surface area contributed by atoms with E-state index in [1.165, 1.54) is 11.3 Å². The molecule has 7 nitrogen and oxygen atoms in total. The second-order valence-corrected chi connectivity index (χ2v) is 8.52. The quantitative estimate of drug-likeness (QED) is 0.305. The molecule has 0 aliphatic rings. The summed E-state index contributed by atoms with van der Waals surface area (Å²) in [6.45, 7) is 4.37. The SMILES string of the molecule is CCOc1cccc2sc(-n3nc(C)cc3NC(=O)c3cccc(Oc4ccccc4)c3)nc12. The number of benzene rings is 3. The number of hydrogen-bond donors (Lipinski definition) is 1. The Kier molecular flexibility index (Phi) is 5.97. The Morgan fingerprint density at radius 2 is 1.79 bits per heavy atom. The lowest BCUT2D eigenvalue weighted by Crippen LogP contribution is -2.15. The van der Waals surface area contributed by atoms with Gasteiger partial charge in [0.15, 0.2) is 0 Å². The number of carbonyl (C=O) groups is 1. The molecular weight excluding hydrogens is 448 g/mol. The predicted octanol–water partition coefficient (Wildman–Crippen LogP) is 6.23. The molecule has 2 heterocycles. The Morgan fingerprint density at radius 3 is 2.62 bits per heavy atom. The molecule has 0 saturated heterocycles. The van der Waals surface area contributed by atoms with Crippen LogP contribution in [0.15, 0.2) is 78.9 Å². The van der Waals surface area contributed by atoms with E-state index in [0.29, 0.717) is 34.6 Å². The number of para-hydroxylation sites is 2. The van der Waals surface area contributed by atoms with E-state index in [-0.39, 0.29) is 5.91 Å². The highest BCUT2D eigenvalue weighted by Crippen LogP contribution is 2.33. The fourth-order valence-corrected chi connectivity index (χ4v) is 4.47. The first-order valence-electron chi connectivity index (χ1n) is 10.8. The van der Waals surface area contributed by atoms with Gasteiger partial charge in [0.1, 0.15) is 28.6 Å². The van der Waals surface area contributed by atoms with Gasteiger partial charge in [-0.2, -0.15) is 9.78 Å². The van der Waals surface area contributed by atoms with Crippen LogP contribution in [0.2, 0.25) is 0 Å². The molecule has 3 aromatic carbocycles. The zero-order valence-electron chi connectivity index (χ0n) is 18.7. The number of amides is 1. The number of hydrogen-bond acceptors (Lipinski definition) is 6. The first-order valence-corrected chi connectivity index (χ1v) is 11.7. The maximum Gasteiger partial charge on any atom is 0.256 e. The maximum atomic E-state index is 13.1. The summed E-state index contributed by atoms with van der Waals surface area (Å²) in [6, 6.07) is 24.2. The van der Waals surface area contributed by atoms with Crippen LogP contribution in [0.4, 0.5) is 5.82 Å². The summed E-state index contributed by atoms with van der Waals surface area (Å²) in [7, 11) is 0. The van der Waals surface area contributed by atoms with E-state index < -0.39 is 0 Å². The molecule has 5 aromatic rings. The average Bonchev–Trinajstić information content (AvgIpc) is 3.44. The standard InChI is InChI=1S/C26H22N4O3S/c1-3-32-21-13-8-14-22-24(21)28-26(34-22)30-23(15-17(2)29-30)27-25(31)18-9-7-12-20(16-18)33-19-10-5-4-6-11-19/h4-16H,3H2,1-2H3,(H,27,31). The van der Waals surface area contributed by atoms with Gasteiger partial charge in [-0.15, -0.1) is 0 Å². The molecule has 0 fully saturated rings. The highest BCUT2D eigenvalue weighted by molar-refractivity contribution is 7.20. The van der Waals surface area contributed by atoms with Crippen molar-refractivity contribution in [1.29, 1.82) is 0 Å². The minimum absolute atomic E-state index is 0.268. The number of nitrogens with zero attached hydrogens (tertiary/aromatic N) is 3. The van der Waals surface area contributed by atoms with Crippen LogP contribution in [-0.4, -0.2) is 27.3 Å². The van der Waals surface area contributed by atoms with Crippen LogP contribution in [-0.2, 0) is 0 Å². The van der Waals surface area contributed by atoms with Gasteiger partial charge in [-0.3, -0.25) is 4.79 Å². The van der Waals surface area contributed by atoms with E-state index >= 15 is 0 Å². The van der Waals surface area contributed by atoms with Crippen LogP contribution in [0, 0.1) is 6.92 Å². The van der Waals surface area contributed by atoms with Crippen LogP contribution in [0.5, 0.6) is 17.2 Å². The number of anilines is 1. The van der Waals surface area contributed by atoms with E-state index in [1.807, 2.05) is 74.5 Å². The summed E-state index contributed by atoms with van der Waals surface area (Å²) in [5, 5.41) is 8.16. The largest absolute Gasteiger partial charge is 0.492 e. The van der Waals surface area contributed by atoms with Crippen molar-refractivity contribution in [3.8, 4) is 22.4 Å². The molecule has 0 bridgehead atoms. The predicted molar refractivity (Wildman–Crippen MR) is 134 cm³/mol. The third-order valence-corrected chi connectivity index (χ3v) is 6.00. The Bertz CT molecular complexity index is 1460. The number of rotatable bonds is 7. The monoisotopic (exact) mass is 470 g/mol. The van der Waals surface area contributed by atoms with Gasteiger partial charge in [-0.1, -0.05) is 41.7 Å². The number of aromatic nitrogens is 3. The maximum absolute atomic E-state index is 13.1. The molecule has 170 valence electrons. The van der Waals surface area contributed by atoms with E-state index in [0.717, 1.165) is 21.7 Å². The van der Waals surface area contributed by atoms with Crippen molar-refractivity contribution in [2.45, 2.75) is 13.8 Å². The third kappa shape index (κ3) is 4.49. The molecule has 5 rings (SSSR count). The third-order valence-electron chi connectivity index (χ3n) is 5.00. The molecule has 0 radical (unpaired) electrons. The summed E-state index contributed by atoms with van der Waals surface area (Å²) in [4.78, 5) is 17.8. The minimum atomic E-state index is -0.268. The number of ether oxygens (including phenoxy) is 2. The molecule has 34 heavy (non-hydrogen) atoms. The molecule has 0 aliphatic carbocycles. The highest BCUT2D eigenvalue weighted by atomic mass is 32.1. The topological polar surface area (TPSA) is 78.3 Å². The van der Waals surface area contributed by atoms with Crippen molar-refractivity contribution >= 4 is 33.3 Å². The molecule has 0 unspecified atom stereocenters. The van der Waals surface area contributed by atoms with E-state index in [2.05, 4.69) is 10.4 Å². The van der Waals surface area contributed by atoms with Crippen molar-refractivity contribution in [1.82, 2.24) is 14.8 Å². The summed E-state index contributed by atoms with van der Waals surface area (Å²) in [5.41, 5.74) is 2.02. The van der Waals surface area contributed by atoms with Crippen LogP contribution in [0.1, 0.15) is 23.0 Å². The number of aryl methyl sites for hydroxylation is 1. The lowest BCUT2D eigenvalue weighted by atomic mass is 10.2. The Balaban J connectivity index is 1.41. The molecule has 0 saturated carbocycles. The molecule has 0 spiro atoms. The van der Waals surface area contributed by atoms with Crippen LogP contribution >= 0.6 is 11.3 Å². The summed E-state index contributed by atoms with van der Waals surface area (Å²) in [5.74, 6) is 2.28. The zero-order valence-corrected chi connectivity index (χ0v) is 19.5. The summed E-state index contributed by atoms with van der Waals surface area (Å²) < 4.78 is 14.2. The Morgan fingerprint density at radius 1 is 1.00 bits per heavy atom. The second kappa shape index (κ2) is 9.36. The van der Waals surface area contributed by atoms with Crippen molar-refractivity contribution in [2.75, 3.05) is 11.9 Å². The van der Waals surface area contributed by atoms with Crippen molar-refractivity contribution in [3.05, 3.63) is 90.1 Å². The van der Waals surface area contributed by atoms with Crippen molar-refractivity contribution < 1.29 is 14.3 Å². The van der Waals surface area contributed by atoms with Crippen molar-refractivity contribution in [2.24, 2.45) is 0 Å². The van der Waals surface area contributed by atoms with Gasteiger partial charge in [-0.05, 0) is 56.3 Å². The van der Waals surface area contributed by atoms with Crippen LogP contribution in [0.3, 0.4) is 0 Å². The first kappa shape index (κ1) is 21.7. The molecule has 8 heteroatoms. The number of nitrogens with one attached hydrogen (secondary N) is 1. The zero-order chi connectivity index (χ0) is 23.5.